The molecule has 0 aromatic carbocycles. The van der Waals surface area contributed by atoms with Crippen molar-refractivity contribution in [2.75, 3.05) is 26.3 Å². The van der Waals surface area contributed by atoms with Crippen LogP contribution in [-0.2, 0) is 14.8 Å². The zero-order chi connectivity index (χ0) is 10.0. The highest BCUT2D eigenvalue weighted by Gasteiger charge is 2.28. The average molecular weight is 233 g/mol. The van der Waals surface area contributed by atoms with Gasteiger partial charge in [0.1, 0.15) is 6.20 Å². The summed E-state index contributed by atoms with van der Waals surface area (Å²) >= 11 is 1.09. The second kappa shape index (κ2) is 3.93. The van der Waals surface area contributed by atoms with Crippen molar-refractivity contribution in [1.82, 2.24) is 9.29 Å². The molecule has 1 aliphatic rings. The van der Waals surface area contributed by atoms with Gasteiger partial charge in [0.25, 0.3) is 10.0 Å². The smallest absolute Gasteiger partial charge is 0.270 e. The SMILES string of the molecule is O=S(=O)(c1n[c]cs1)N1CCOCC1. The molecule has 1 saturated heterocycles. The van der Waals surface area contributed by atoms with E-state index in [9.17, 15) is 8.42 Å². The fraction of sp³-hybridized carbons (Fsp3) is 0.571. The van der Waals surface area contributed by atoms with E-state index >= 15 is 0 Å². The van der Waals surface area contributed by atoms with E-state index in [1.54, 1.807) is 0 Å². The van der Waals surface area contributed by atoms with Gasteiger partial charge in [-0.3, -0.25) is 0 Å². The summed E-state index contributed by atoms with van der Waals surface area (Å²) < 4.78 is 30.3. The number of sulfonamides is 1. The third-order valence-corrected chi connectivity index (χ3v) is 4.91. The van der Waals surface area contributed by atoms with Crippen LogP contribution in [0.3, 0.4) is 0 Å². The van der Waals surface area contributed by atoms with Crippen molar-refractivity contribution in [3.63, 3.8) is 0 Å². The standard InChI is InChI=1S/C7H9N2O3S2/c10-14(11,7-8-1-6-13-7)9-2-4-12-5-3-9/h6H,2-5H2. The van der Waals surface area contributed by atoms with Gasteiger partial charge in [0.15, 0.2) is 0 Å². The molecule has 7 heteroatoms. The van der Waals surface area contributed by atoms with Crippen molar-refractivity contribution in [2.45, 2.75) is 4.34 Å². The summed E-state index contributed by atoms with van der Waals surface area (Å²) in [5, 5.41) is 1.54. The van der Waals surface area contributed by atoms with Gasteiger partial charge in [0.2, 0.25) is 4.34 Å². The molecule has 2 heterocycles. The lowest BCUT2D eigenvalue weighted by molar-refractivity contribution is 0.0730. The van der Waals surface area contributed by atoms with Gasteiger partial charge in [0, 0.05) is 18.5 Å². The normalized spacial score (nSPS) is 19.7. The fourth-order valence-electron chi connectivity index (χ4n) is 1.20. The highest BCUT2D eigenvalue weighted by atomic mass is 32.2. The van der Waals surface area contributed by atoms with E-state index < -0.39 is 10.0 Å². The summed E-state index contributed by atoms with van der Waals surface area (Å²) in [7, 11) is -3.39. The van der Waals surface area contributed by atoms with Crippen LogP contribution >= 0.6 is 11.3 Å². The van der Waals surface area contributed by atoms with Crippen molar-refractivity contribution in [1.29, 1.82) is 0 Å². The number of nitrogens with zero attached hydrogens (tertiary/aromatic N) is 2. The predicted octanol–water partition coefficient (Wildman–Crippen LogP) is -0.0358. The molecule has 0 bridgehead atoms. The van der Waals surface area contributed by atoms with Crippen LogP contribution in [0.2, 0.25) is 0 Å². The number of rotatable bonds is 2. The van der Waals surface area contributed by atoms with Crippen molar-refractivity contribution >= 4 is 21.4 Å². The first-order valence-corrected chi connectivity index (χ1v) is 6.43. The van der Waals surface area contributed by atoms with Crippen LogP contribution in [0.4, 0.5) is 0 Å². The van der Waals surface area contributed by atoms with E-state index in [0.29, 0.717) is 26.3 Å². The molecular formula is C7H9N2O3S2. The minimum atomic E-state index is -3.39. The van der Waals surface area contributed by atoms with Crippen LogP contribution in [0.5, 0.6) is 0 Å². The number of aromatic nitrogens is 1. The molecule has 0 aliphatic carbocycles. The lowest BCUT2D eigenvalue weighted by atomic mass is 10.5. The van der Waals surface area contributed by atoms with Crippen LogP contribution in [0.1, 0.15) is 0 Å². The number of thiazole rings is 1. The average Bonchev–Trinajstić information content (AvgIpc) is 2.72. The Bertz CT molecular complexity index is 381. The molecule has 5 nitrogen and oxygen atoms in total. The molecule has 1 radical (unpaired) electrons. The van der Waals surface area contributed by atoms with Crippen molar-refractivity contribution in [2.24, 2.45) is 0 Å². The number of morpholine rings is 1. The monoisotopic (exact) mass is 233 g/mol. The summed E-state index contributed by atoms with van der Waals surface area (Å²) in [6.07, 6.45) is 2.51. The molecule has 77 valence electrons. The molecule has 14 heavy (non-hydrogen) atoms. The van der Waals surface area contributed by atoms with Gasteiger partial charge in [-0.2, -0.15) is 4.31 Å². The minimum absolute atomic E-state index is 0.111. The lowest BCUT2D eigenvalue weighted by Gasteiger charge is -2.24. The maximum atomic E-state index is 11.8. The van der Waals surface area contributed by atoms with Crippen LogP contribution in [-0.4, -0.2) is 44.0 Å². The molecule has 1 aromatic rings. The Kier molecular flexibility index (Phi) is 2.82. The van der Waals surface area contributed by atoms with Crippen LogP contribution in [0.15, 0.2) is 9.72 Å². The third kappa shape index (κ3) is 1.81. The lowest BCUT2D eigenvalue weighted by Crippen LogP contribution is -2.40. The zero-order valence-electron chi connectivity index (χ0n) is 7.34. The number of ether oxygens (including phenoxy) is 1. The summed E-state index contributed by atoms with van der Waals surface area (Å²) in [5.41, 5.74) is 0. The fourth-order valence-corrected chi connectivity index (χ4v) is 3.48. The van der Waals surface area contributed by atoms with Crippen LogP contribution < -0.4 is 0 Å². The third-order valence-electron chi connectivity index (χ3n) is 1.90. The van der Waals surface area contributed by atoms with E-state index in [4.69, 9.17) is 4.74 Å². The second-order valence-electron chi connectivity index (χ2n) is 2.76. The molecule has 0 N–H and O–H groups in total. The van der Waals surface area contributed by atoms with E-state index in [2.05, 4.69) is 11.2 Å². The molecule has 0 amide bonds. The second-order valence-corrected chi connectivity index (χ2v) is 5.73. The van der Waals surface area contributed by atoms with Crippen LogP contribution in [0.25, 0.3) is 0 Å². The van der Waals surface area contributed by atoms with Gasteiger partial charge >= 0.3 is 0 Å². The van der Waals surface area contributed by atoms with E-state index in [0.717, 1.165) is 11.3 Å². The van der Waals surface area contributed by atoms with Crippen molar-refractivity contribution in [3.05, 3.63) is 11.6 Å². The van der Waals surface area contributed by atoms with Gasteiger partial charge in [-0.25, -0.2) is 13.4 Å². The largest absolute Gasteiger partial charge is 0.379 e. The minimum Gasteiger partial charge on any atom is -0.379 e. The summed E-state index contributed by atoms with van der Waals surface area (Å²) in [4.78, 5) is 3.69. The topological polar surface area (TPSA) is 59.5 Å². The zero-order valence-corrected chi connectivity index (χ0v) is 8.97. The molecule has 0 saturated carbocycles. The maximum absolute atomic E-state index is 11.8. The predicted molar refractivity (Wildman–Crippen MR) is 50.5 cm³/mol. The van der Waals surface area contributed by atoms with Gasteiger partial charge < -0.3 is 4.74 Å². The summed E-state index contributed by atoms with van der Waals surface area (Å²) in [5.74, 6) is 0. The number of hydrogen-bond acceptors (Lipinski definition) is 5. The Morgan fingerprint density at radius 3 is 2.79 bits per heavy atom. The van der Waals surface area contributed by atoms with E-state index in [-0.39, 0.29) is 4.34 Å². The molecule has 2 rings (SSSR count). The van der Waals surface area contributed by atoms with Crippen molar-refractivity contribution in [3.8, 4) is 0 Å². The summed E-state index contributed by atoms with van der Waals surface area (Å²) in [6.45, 7) is 1.71. The first-order valence-electron chi connectivity index (χ1n) is 4.11. The first kappa shape index (κ1) is 10.0. The van der Waals surface area contributed by atoms with E-state index in [1.165, 1.54) is 9.69 Å². The van der Waals surface area contributed by atoms with Crippen LogP contribution in [0, 0.1) is 6.20 Å². The van der Waals surface area contributed by atoms with Gasteiger partial charge in [-0.15, -0.1) is 11.3 Å². The molecular weight excluding hydrogens is 224 g/mol. The molecule has 1 aliphatic heterocycles. The van der Waals surface area contributed by atoms with Crippen molar-refractivity contribution < 1.29 is 13.2 Å². The number of hydrogen-bond donors (Lipinski definition) is 0. The Morgan fingerprint density at radius 2 is 2.21 bits per heavy atom. The summed E-state index contributed by atoms with van der Waals surface area (Å²) in [6, 6.07) is 0. The van der Waals surface area contributed by atoms with Gasteiger partial charge in [0.05, 0.1) is 13.2 Å². The highest BCUT2D eigenvalue weighted by Crippen LogP contribution is 2.18. The maximum Gasteiger partial charge on any atom is 0.270 e. The molecule has 0 spiro atoms. The Labute approximate surface area is 86.4 Å². The molecule has 1 aromatic heterocycles. The van der Waals surface area contributed by atoms with E-state index in [1.807, 2.05) is 0 Å². The van der Waals surface area contributed by atoms with Gasteiger partial charge in [-0.1, -0.05) is 0 Å². The molecule has 0 unspecified atom stereocenters. The van der Waals surface area contributed by atoms with Gasteiger partial charge in [-0.05, 0) is 0 Å². The Hall–Kier alpha value is -0.500. The highest BCUT2D eigenvalue weighted by molar-refractivity contribution is 7.91. The molecule has 1 fully saturated rings. The molecule has 0 atom stereocenters. The quantitative estimate of drug-likeness (QED) is 0.719. The Morgan fingerprint density at radius 1 is 1.50 bits per heavy atom. The Balaban J connectivity index is 2.23. The first-order chi connectivity index (χ1) is 6.71.